The normalized spacial score (nSPS) is 20.5. The first-order valence-corrected chi connectivity index (χ1v) is 6.45. The lowest BCUT2D eigenvalue weighted by atomic mass is 10.0. The van der Waals surface area contributed by atoms with Gasteiger partial charge < -0.3 is 9.47 Å². The number of nitrogens with one attached hydrogen (secondary N) is 1. The minimum atomic E-state index is -0.745. The molecule has 0 spiro atoms. The van der Waals surface area contributed by atoms with Crippen molar-refractivity contribution in [3.05, 3.63) is 0 Å². The second kappa shape index (κ2) is 6.36. The highest BCUT2D eigenvalue weighted by Crippen LogP contribution is 2.22. The number of esters is 1. The van der Waals surface area contributed by atoms with Gasteiger partial charge in [0.05, 0.1) is 19.8 Å². The van der Waals surface area contributed by atoms with E-state index in [1.807, 2.05) is 20.8 Å². The Balaban J connectivity index is 2.52. The van der Waals surface area contributed by atoms with E-state index in [4.69, 9.17) is 9.47 Å². The molecule has 4 heteroatoms. The maximum absolute atomic E-state index is 11.8. The van der Waals surface area contributed by atoms with Crippen LogP contribution >= 0.6 is 0 Å². The summed E-state index contributed by atoms with van der Waals surface area (Å²) in [4.78, 5) is 11.8. The SMILES string of the molecule is COC(=O)C(C)(COC1CCCC1)NC(C)C. The molecule has 1 unspecified atom stereocenters. The first kappa shape index (κ1) is 14.5. The lowest BCUT2D eigenvalue weighted by Gasteiger charge is -2.31. The van der Waals surface area contributed by atoms with Crippen LogP contribution in [-0.4, -0.2) is 37.4 Å². The zero-order valence-electron chi connectivity index (χ0n) is 11.4. The molecule has 1 aliphatic rings. The van der Waals surface area contributed by atoms with Gasteiger partial charge in [-0.3, -0.25) is 5.32 Å². The highest BCUT2D eigenvalue weighted by atomic mass is 16.5. The van der Waals surface area contributed by atoms with E-state index < -0.39 is 5.54 Å². The van der Waals surface area contributed by atoms with Crippen LogP contribution < -0.4 is 5.32 Å². The average Bonchev–Trinajstić information content (AvgIpc) is 2.77. The van der Waals surface area contributed by atoms with Crippen LogP contribution in [0.5, 0.6) is 0 Å². The van der Waals surface area contributed by atoms with Crippen LogP contribution in [-0.2, 0) is 14.3 Å². The summed E-state index contributed by atoms with van der Waals surface area (Å²) in [6.07, 6.45) is 5.00. The Morgan fingerprint density at radius 2 is 2.00 bits per heavy atom. The monoisotopic (exact) mass is 243 g/mol. The third-order valence-corrected chi connectivity index (χ3v) is 3.15. The molecule has 1 atom stereocenters. The number of rotatable bonds is 6. The molecule has 0 aromatic rings. The Hall–Kier alpha value is -0.610. The van der Waals surface area contributed by atoms with Crippen LogP contribution in [0.4, 0.5) is 0 Å². The summed E-state index contributed by atoms with van der Waals surface area (Å²) in [7, 11) is 1.41. The van der Waals surface area contributed by atoms with Crippen molar-refractivity contribution in [2.75, 3.05) is 13.7 Å². The highest BCUT2D eigenvalue weighted by Gasteiger charge is 2.36. The van der Waals surface area contributed by atoms with Crippen molar-refractivity contribution in [1.29, 1.82) is 0 Å². The van der Waals surface area contributed by atoms with Gasteiger partial charge in [0.1, 0.15) is 5.54 Å². The first-order valence-electron chi connectivity index (χ1n) is 6.45. The van der Waals surface area contributed by atoms with Gasteiger partial charge in [-0.1, -0.05) is 12.8 Å². The summed E-state index contributed by atoms with van der Waals surface area (Å²) >= 11 is 0. The van der Waals surface area contributed by atoms with Crippen molar-refractivity contribution < 1.29 is 14.3 Å². The molecule has 4 nitrogen and oxygen atoms in total. The van der Waals surface area contributed by atoms with Crippen LogP contribution in [0.1, 0.15) is 46.5 Å². The molecule has 1 rings (SSSR count). The molecule has 1 aliphatic carbocycles. The van der Waals surface area contributed by atoms with Gasteiger partial charge in [-0.2, -0.15) is 0 Å². The second-order valence-corrected chi connectivity index (χ2v) is 5.34. The van der Waals surface area contributed by atoms with E-state index in [1.165, 1.54) is 20.0 Å². The van der Waals surface area contributed by atoms with Crippen LogP contribution in [0.2, 0.25) is 0 Å². The molecule has 1 fully saturated rings. The molecule has 1 N–H and O–H groups in total. The fourth-order valence-corrected chi connectivity index (χ4v) is 2.36. The zero-order chi connectivity index (χ0) is 12.9. The van der Waals surface area contributed by atoms with E-state index in [9.17, 15) is 4.79 Å². The highest BCUT2D eigenvalue weighted by molar-refractivity contribution is 5.80. The number of carbonyl (C=O) groups excluding carboxylic acids is 1. The molecule has 0 aromatic carbocycles. The lowest BCUT2D eigenvalue weighted by molar-refractivity contribution is -0.152. The Morgan fingerprint density at radius 3 is 2.47 bits per heavy atom. The van der Waals surface area contributed by atoms with E-state index in [2.05, 4.69) is 5.32 Å². The molecule has 0 aliphatic heterocycles. The quantitative estimate of drug-likeness (QED) is 0.724. The minimum absolute atomic E-state index is 0.214. The molecule has 0 saturated heterocycles. The van der Waals surface area contributed by atoms with Crippen molar-refractivity contribution >= 4 is 5.97 Å². The molecule has 0 amide bonds. The molecule has 1 saturated carbocycles. The maximum atomic E-state index is 11.8. The molecule has 0 aromatic heterocycles. The molecule has 100 valence electrons. The molecule has 0 bridgehead atoms. The summed E-state index contributed by atoms with van der Waals surface area (Å²) in [6.45, 7) is 6.24. The molecular weight excluding hydrogens is 218 g/mol. The van der Waals surface area contributed by atoms with Gasteiger partial charge in [-0.05, 0) is 33.6 Å². The van der Waals surface area contributed by atoms with Crippen LogP contribution in [0.15, 0.2) is 0 Å². The van der Waals surface area contributed by atoms with Gasteiger partial charge in [0.15, 0.2) is 0 Å². The van der Waals surface area contributed by atoms with E-state index in [0.29, 0.717) is 12.7 Å². The zero-order valence-corrected chi connectivity index (χ0v) is 11.4. The Labute approximate surface area is 104 Å². The van der Waals surface area contributed by atoms with Crippen molar-refractivity contribution in [3.63, 3.8) is 0 Å². The summed E-state index contributed by atoms with van der Waals surface area (Å²) < 4.78 is 10.7. The van der Waals surface area contributed by atoms with E-state index >= 15 is 0 Å². The van der Waals surface area contributed by atoms with Gasteiger partial charge in [-0.25, -0.2) is 4.79 Å². The molecule has 17 heavy (non-hydrogen) atoms. The Kier molecular flexibility index (Phi) is 5.40. The molecule has 0 radical (unpaired) electrons. The second-order valence-electron chi connectivity index (χ2n) is 5.34. The minimum Gasteiger partial charge on any atom is -0.468 e. The Morgan fingerprint density at radius 1 is 1.41 bits per heavy atom. The number of ether oxygens (including phenoxy) is 2. The summed E-state index contributed by atoms with van der Waals surface area (Å²) in [5.74, 6) is -0.260. The summed E-state index contributed by atoms with van der Waals surface area (Å²) in [5.41, 5.74) is -0.745. The van der Waals surface area contributed by atoms with Gasteiger partial charge >= 0.3 is 5.97 Å². The van der Waals surface area contributed by atoms with Gasteiger partial charge in [0.2, 0.25) is 0 Å². The third-order valence-electron chi connectivity index (χ3n) is 3.15. The number of hydrogen-bond acceptors (Lipinski definition) is 4. The predicted molar refractivity (Wildman–Crippen MR) is 66.9 cm³/mol. The van der Waals surface area contributed by atoms with Crippen LogP contribution in [0.25, 0.3) is 0 Å². The largest absolute Gasteiger partial charge is 0.468 e. The van der Waals surface area contributed by atoms with Crippen molar-refractivity contribution in [2.24, 2.45) is 0 Å². The fourth-order valence-electron chi connectivity index (χ4n) is 2.36. The van der Waals surface area contributed by atoms with Crippen molar-refractivity contribution in [3.8, 4) is 0 Å². The first-order chi connectivity index (χ1) is 7.98. The maximum Gasteiger partial charge on any atom is 0.328 e. The fraction of sp³-hybridized carbons (Fsp3) is 0.923. The van der Waals surface area contributed by atoms with Gasteiger partial charge in [0.25, 0.3) is 0 Å². The predicted octanol–water partition coefficient (Wildman–Crippen LogP) is 1.88. The van der Waals surface area contributed by atoms with E-state index in [1.54, 1.807) is 0 Å². The topological polar surface area (TPSA) is 47.6 Å². The number of methoxy groups -OCH3 is 1. The smallest absolute Gasteiger partial charge is 0.328 e. The lowest BCUT2D eigenvalue weighted by Crippen LogP contribution is -2.56. The van der Waals surface area contributed by atoms with E-state index in [-0.39, 0.29) is 12.0 Å². The number of carbonyl (C=O) groups is 1. The molecule has 0 heterocycles. The summed E-state index contributed by atoms with van der Waals surface area (Å²) in [6, 6.07) is 0.214. The average molecular weight is 243 g/mol. The van der Waals surface area contributed by atoms with Crippen molar-refractivity contribution in [1.82, 2.24) is 5.32 Å². The third kappa shape index (κ3) is 4.28. The standard InChI is InChI=1S/C13H25NO3/c1-10(2)14-13(3,12(15)16-4)9-17-11-7-5-6-8-11/h10-11,14H,5-9H2,1-4H3. The molecular formula is C13H25NO3. The Bertz CT molecular complexity index is 249. The number of hydrogen-bond donors (Lipinski definition) is 1. The van der Waals surface area contributed by atoms with Gasteiger partial charge in [-0.15, -0.1) is 0 Å². The van der Waals surface area contributed by atoms with Crippen LogP contribution in [0.3, 0.4) is 0 Å². The van der Waals surface area contributed by atoms with Crippen LogP contribution in [0, 0.1) is 0 Å². The summed E-state index contributed by atoms with van der Waals surface area (Å²) in [5, 5.41) is 3.23. The van der Waals surface area contributed by atoms with Gasteiger partial charge in [0, 0.05) is 6.04 Å². The van der Waals surface area contributed by atoms with Crippen molar-refractivity contribution in [2.45, 2.75) is 64.1 Å². The van der Waals surface area contributed by atoms with E-state index in [0.717, 1.165) is 12.8 Å².